The number of aromatic amines is 1. The van der Waals surface area contributed by atoms with Crippen molar-refractivity contribution in [2.24, 2.45) is 4.99 Å². The number of halogens is 1. The fourth-order valence-electron chi connectivity index (χ4n) is 3.71. The molecule has 1 saturated carbocycles. The van der Waals surface area contributed by atoms with E-state index in [2.05, 4.69) is 21.7 Å². The highest BCUT2D eigenvalue weighted by Crippen LogP contribution is 2.33. The Morgan fingerprint density at radius 2 is 2.15 bits per heavy atom. The van der Waals surface area contributed by atoms with E-state index in [4.69, 9.17) is 16.6 Å². The highest BCUT2D eigenvalue weighted by molar-refractivity contribution is 8.14. The van der Waals surface area contributed by atoms with Gasteiger partial charge in [-0.3, -0.25) is 9.79 Å². The number of carbonyl (C=O) groups is 1. The van der Waals surface area contributed by atoms with Crippen LogP contribution in [0.3, 0.4) is 0 Å². The van der Waals surface area contributed by atoms with Gasteiger partial charge in [0, 0.05) is 35.7 Å². The molecule has 1 aromatic carbocycles. The first-order valence-corrected chi connectivity index (χ1v) is 10.5. The third-order valence-corrected chi connectivity index (χ3v) is 6.42. The highest BCUT2D eigenvalue weighted by atomic mass is 35.5. The van der Waals surface area contributed by atoms with E-state index in [0.29, 0.717) is 12.5 Å². The van der Waals surface area contributed by atoms with Crippen molar-refractivity contribution in [1.29, 1.82) is 0 Å². The van der Waals surface area contributed by atoms with Crippen LogP contribution in [-0.2, 0) is 4.79 Å². The number of hydrogen-bond acceptors (Lipinski definition) is 4. The molecule has 2 heterocycles. The largest absolute Gasteiger partial charge is 0.381 e. The number of carbonyl (C=O) groups excluding carboxylic acids is 1. The van der Waals surface area contributed by atoms with Crippen LogP contribution in [0.2, 0.25) is 5.02 Å². The van der Waals surface area contributed by atoms with Gasteiger partial charge in [-0.25, -0.2) is 0 Å². The summed E-state index contributed by atoms with van der Waals surface area (Å²) in [4.78, 5) is 19.8. The molecule has 1 aromatic heterocycles. The van der Waals surface area contributed by atoms with Crippen LogP contribution in [0.25, 0.3) is 10.9 Å². The van der Waals surface area contributed by atoms with Crippen molar-refractivity contribution < 1.29 is 4.79 Å². The Labute approximate surface area is 162 Å². The molecular formula is C19H23ClN4OS. The van der Waals surface area contributed by atoms with E-state index in [9.17, 15) is 4.79 Å². The van der Waals surface area contributed by atoms with Gasteiger partial charge < -0.3 is 15.6 Å². The number of fused-ring (bicyclic) bond motifs is 1. The molecule has 0 saturated heterocycles. The number of rotatable bonds is 5. The van der Waals surface area contributed by atoms with Gasteiger partial charge in [0.2, 0.25) is 5.91 Å². The Balaban J connectivity index is 1.61. The predicted molar refractivity (Wildman–Crippen MR) is 111 cm³/mol. The van der Waals surface area contributed by atoms with Crippen molar-refractivity contribution in [2.75, 3.05) is 18.1 Å². The van der Waals surface area contributed by atoms with Gasteiger partial charge in [0.25, 0.3) is 0 Å². The molecule has 5 nitrogen and oxygen atoms in total. The summed E-state index contributed by atoms with van der Waals surface area (Å²) in [7, 11) is 1.66. The Morgan fingerprint density at radius 3 is 2.92 bits per heavy atom. The molecule has 1 atom stereocenters. The first kappa shape index (κ1) is 17.7. The molecule has 3 N–H and O–H groups in total. The molecule has 1 amide bonds. The van der Waals surface area contributed by atoms with Gasteiger partial charge in [-0.05, 0) is 31.0 Å². The Bertz CT molecular complexity index is 857. The van der Waals surface area contributed by atoms with Gasteiger partial charge in [0.05, 0.1) is 22.9 Å². The highest BCUT2D eigenvalue weighted by Gasteiger charge is 2.23. The zero-order valence-electron chi connectivity index (χ0n) is 14.8. The first-order chi connectivity index (χ1) is 12.6. The minimum absolute atomic E-state index is 0.0343. The molecule has 2 aromatic rings. The minimum atomic E-state index is 0.0343. The maximum atomic E-state index is 11.6. The second-order valence-electron chi connectivity index (χ2n) is 7.00. The predicted octanol–water partition coefficient (Wildman–Crippen LogP) is 4.17. The molecule has 1 unspecified atom stereocenters. The zero-order chi connectivity index (χ0) is 18.1. The molecule has 0 radical (unpaired) electrons. The number of benzene rings is 1. The van der Waals surface area contributed by atoms with Gasteiger partial charge in [-0.15, -0.1) is 11.8 Å². The number of anilines is 1. The molecule has 0 bridgehead atoms. The zero-order valence-corrected chi connectivity index (χ0v) is 16.3. The molecule has 7 heteroatoms. The molecule has 138 valence electrons. The quantitative estimate of drug-likeness (QED) is 0.717. The van der Waals surface area contributed by atoms with Crippen LogP contribution in [0.1, 0.15) is 37.8 Å². The van der Waals surface area contributed by atoms with Crippen LogP contribution < -0.4 is 10.6 Å². The number of amides is 1. The fraction of sp³-hybridized carbons (Fsp3) is 0.474. The second kappa shape index (κ2) is 7.53. The molecule has 2 aliphatic rings. The van der Waals surface area contributed by atoms with Crippen LogP contribution in [0.5, 0.6) is 0 Å². The van der Waals surface area contributed by atoms with Crippen molar-refractivity contribution in [3.05, 3.63) is 28.9 Å². The third kappa shape index (κ3) is 3.71. The van der Waals surface area contributed by atoms with Crippen LogP contribution in [-0.4, -0.2) is 40.8 Å². The van der Waals surface area contributed by atoms with E-state index in [1.807, 2.05) is 12.1 Å². The number of thioether (sulfide) groups is 1. The maximum Gasteiger partial charge on any atom is 0.221 e. The van der Waals surface area contributed by atoms with E-state index in [-0.39, 0.29) is 11.9 Å². The fourth-order valence-corrected chi connectivity index (χ4v) is 4.97. The van der Waals surface area contributed by atoms with E-state index in [1.54, 1.807) is 18.8 Å². The smallest absolute Gasteiger partial charge is 0.221 e. The number of aliphatic imine (C=N–C) groups is 1. The lowest BCUT2D eigenvalue weighted by atomic mass is 10.2. The van der Waals surface area contributed by atoms with E-state index in [0.717, 1.165) is 38.1 Å². The lowest BCUT2D eigenvalue weighted by Crippen LogP contribution is -2.23. The SMILES string of the molecule is CNC(=O)CC1CSC(c2cc3cc(Cl)cc(NC4CCCC4)c3[nH]2)=N1. The van der Waals surface area contributed by atoms with Gasteiger partial charge in [0.15, 0.2) is 0 Å². The summed E-state index contributed by atoms with van der Waals surface area (Å²) in [5.74, 6) is 0.874. The number of H-pyrrole nitrogens is 1. The Hall–Kier alpha value is -1.66. The average molecular weight is 391 g/mol. The molecule has 26 heavy (non-hydrogen) atoms. The van der Waals surface area contributed by atoms with E-state index >= 15 is 0 Å². The third-order valence-electron chi connectivity index (χ3n) is 5.05. The second-order valence-corrected chi connectivity index (χ2v) is 8.45. The monoisotopic (exact) mass is 390 g/mol. The van der Waals surface area contributed by atoms with Gasteiger partial charge in [-0.1, -0.05) is 24.4 Å². The lowest BCUT2D eigenvalue weighted by molar-refractivity contribution is -0.120. The maximum absolute atomic E-state index is 11.6. The normalized spacial score (nSPS) is 20.5. The Morgan fingerprint density at radius 1 is 1.35 bits per heavy atom. The average Bonchev–Trinajstić information content (AvgIpc) is 3.34. The van der Waals surface area contributed by atoms with Crippen molar-refractivity contribution in [2.45, 2.75) is 44.2 Å². The molecular weight excluding hydrogens is 368 g/mol. The summed E-state index contributed by atoms with van der Waals surface area (Å²) in [5.41, 5.74) is 3.15. The van der Waals surface area contributed by atoms with Gasteiger partial charge in [0.1, 0.15) is 5.04 Å². The summed E-state index contributed by atoms with van der Waals surface area (Å²) < 4.78 is 0. The summed E-state index contributed by atoms with van der Waals surface area (Å²) in [5, 5.41) is 9.12. The summed E-state index contributed by atoms with van der Waals surface area (Å²) in [6, 6.07) is 6.66. The van der Waals surface area contributed by atoms with Crippen molar-refractivity contribution in [3.63, 3.8) is 0 Å². The van der Waals surface area contributed by atoms with E-state index in [1.165, 1.54) is 25.7 Å². The molecule has 0 spiro atoms. The molecule has 1 aliphatic carbocycles. The standard InChI is InChI=1S/C19H23ClN4OS/c1-21-17(25)9-14-10-26-19(23-14)16-7-11-6-12(20)8-15(18(11)24-16)22-13-4-2-3-5-13/h6-8,13-14,22,24H,2-5,9-10H2,1H3,(H,21,25). The number of nitrogens with zero attached hydrogens (tertiary/aromatic N) is 1. The minimum Gasteiger partial charge on any atom is -0.381 e. The molecule has 1 aliphatic heterocycles. The van der Waals surface area contributed by atoms with Crippen LogP contribution >= 0.6 is 23.4 Å². The topological polar surface area (TPSA) is 69.3 Å². The molecule has 1 fully saturated rings. The van der Waals surface area contributed by atoms with Crippen molar-refractivity contribution in [1.82, 2.24) is 10.3 Å². The van der Waals surface area contributed by atoms with Crippen LogP contribution in [0.4, 0.5) is 5.69 Å². The summed E-state index contributed by atoms with van der Waals surface area (Å²) in [6.07, 6.45) is 5.44. The summed E-state index contributed by atoms with van der Waals surface area (Å²) in [6.45, 7) is 0. The summed E-state index contributed by atoms with van der Waals surface area (Å²) >= 11 is 8.04. The lowest BCUT2D eigenvalue weighted by Gasteiger charge is -2.14. The van der Waals surface area contributed by atoms with Gasteiger partial charge in [-0.2, -0.15) is 0 Å². The number of hydrogen-bond donors (Lipinski definition) is 3. The number of nitrogens with one attached hydrogen (secondary N) is 3. The van der Waals surface area contributed by atoms with Crippen molar-refractivity contribution in [3.8, 4) is 0 Å². The first-order valence-electron chi connectivity index (χ1n) is 9.12. The van der Waals surface area contributed by atoms with Gasteiger partial charge >= 0.3 is 0 Å². The van der Waals surface area contributed by atoms with Crippen LogP contribution in [0, 0.1) is 0 Å². The Kier molecular flexibility index (Phi) is 5.14. The van der Waals surface area contributed by atoms with Crippen LogP contribution in [0.15, 0.2) is 23.2 Å². The number of aromatic nitrogens is 1. The molecule has 4 rings (SSSR count). The van der Waals surface area contributed by atoms with E-state index < -0.39 is 0 Å². The van der Waals surface area contributed by atoms with Crippen molar-refractivity contribution >= 4 is 50.9 Å².